The number of fused-ring (bicyclic) bond motifs is 1. The first kappa shape index (κ1) is 14.7. The van der Waals surface area contributed by atoms with Gasteiger partial charge >= 0.3 is 0 Å². The highest BCUT2D eigenvalue weighted by atomic mass is 16.5. The van der Waals surface area contributed by atoms with E-state index in [1.54, 1.807) is 14.2 Å². The number of hydrogen-bond donors (Lipinski definition) is 1. The van der Waals surface area contributed by atoms with Crippen molar-refractivity contribution in [2.45, 2.75) is 12.5 Å². The monoisotopic (exact) mass is 299 g/mol. The maximum absolute atomic E-state index is 6.18. The van der Waals surface area contributed by atoms with Crippen molar-refractivity contribution in [1.29, 1.82) is 0 Å². The summed E-state index contributed by atoms with van der Waals surface area (Å²) in [6, 6.07) is 14.0. The average molecular weight is 299 g/mol. The molecule has 1 atom stereocenters. The first-order chi connectivity index (χ1) is 10.8. The molecule has 0 saturated heterocycles. The normalized spacial score (nSPS) is 17.3. The molecule has 1 heterocycles. The highest BCUT2D eigenvalue weighted by Gasteiger charge is 2.22. The van der Waals surface area contributed by atoms with Crippen LogP contribution in [0.15, 0.2) is 42.5 Å². The minimum atomic E-state index is -0.0419. The summed E-state index contributed by atoms with van der Waals surface area (Å²) in [6.07, 6.45) is 0.907. The van der Waals surface area contributed by atoms with Gasteiger partial charge in [-0.15, -0.1) is 0 Å². The molecule has 1 unspecified atom stereocenters. The third-order valence-electron chi connectivity index (χ3n) is 3.91. The molecule has 0 saturated carbocycles. The summed E-state index contributed by atoms with van der Waals surface area (Å²) in [6.45, 7) is 1.70. The molecule has 0 radical (unpaired) electrons. The van der Waals surface area contributed by atoms with Gasteiger partial charge in [0, 0.05) is 12.1 Å². The van der Waals surface area contributed by atoms with Crippen LogP contribution >= 0.6 is 0 Å². The number of nitrogens with one attached hydrogen (secondary N) is 1. The van der Waals surface area contributed by atoms with E-state index in [0.29, 0.717) is 0 Å². The summed E-state index contributed by atoms with van der Waals surface area (Å²) in [5.74, 6) is 2.38. The third kappa shape index (κ3) is 3.02. The van der Waals surface area contributed by atoms with Crippen molar-refractivity contribution in [3.63, 3.8) is 0 Å². The van der Waals surface area contributed by atoms with Gasteiger partial charge in [-0.1, -0.05) is 18.2 Å². The fourth-order valence-corrected chi connectivity index (χ4v) is 2.79. The Bertz CT molecular complexity index is 628. The SMILES string of the molecule is COc1cc2c(cc1OC)C(Oc1ccccc1)CNCC2. The zero-order valence-electron chi connectivity index (χ0n) is 13.0. The molecule has 2 aromatic rings. The van der Waals surface area contributed by atoms with Crippen LogP contribution in [0, 0.1) is 0 Å². The minimum absolute atomic E-state index is 0.0419. The molecule has 1 aliphatic rings. The van der Waals surface area contributed by atoms with Crippen molar-refractivity contribution in [3.8, 4) is 17.2 Å². The van der Waals surface area contributed by atoms with Crippen LogP contribution in [-0.2, 0) is 6.42 Å². The Hall–Kier alpha value is -2.20. The first-order valence-corrected chi connectivity index (χ1v) is 7.49. The van der Waals surface area contributed by atoms with Gasteiger partial charge in [0.15, 0.2) is 11.5 Å². The molecule has 0 bridgehead atoms. The van der Waals surface area contributed by atoms with Crippen molar-refractivity contribution in [2.75, 3.05) is 27.3 Å². The van der Waals surface area contributed by atoms with Crippen molar-refractivity contribution in [2.24, 2.45) is 0 Å². The van der Waals surface area contributed by atoms with Gasteiger partial charge < -0.3 is 19.5 Å². The first-order valence-electron chi connectivity index (χ1n) is 7.49. The Labute approximate surface area is 131 Å². The molecule has 3 rings (SSSR count). The highest BCUT2D eigenvalue weighted by Crippen LogP contribution is 2.35. The topological polar surface area (TPSA) is 39.7 Å². The lowest BCUT2D eigenvalue weighted by Crippen LogP contribution is -2.23. The second-order valence-electron chi connectivity index (χ2n) is 5.28. The molecule has 22 heavy (non-hydrogen) atoms. The van der Waals surface area contributed by atoms with Gasteiger partial charge in [0.2, 0.25) is 0 Å². The van der Waals surface area contributed by atoms with Crippen LogP contribution in [0.1, 0.15) is 17.2 Å². The number of para-hydroxylation sites is 1. The van der Waals surface area contributed by atoms with Crippen LogP contribution in [0.2, 0.25) is 0 Å². The highest BCUT2D eigenvalue weighted by molar-refractivity contribution is 5.49. The lowest BCUT2D eigenvalue weighted by Gasteiger charge is -2.21. The smallest absolute Gasteiger partial charge is 0.161 e. The lowest BCUT2D eigenvalue weighted by atomic mass is 10.00. The second kappa shape index (κ2) is 6.71. The third-order valence-corrected chi connectivity index (χ3v) is 3.91. The fraction of sp³-hybridized carbons (Fsp3) is 0.333. The molecule has 0 aromatic heterocycles. The molecular formula is C18H21NO3. The number of methoxy groups -OCH3 is 2. The van der Waals surface area contributed by atoms with Gasteiger partial charge in [-0.3, -0.25) is 0 Å². The van der Waals surface area contributed by atoms with Crippen molar-refractivity contribution in [3.05, 3.63) is 53.6 Å². The molecule has 2 aromatic carbocycles. The van der Waals surface area contributed by atoms with Gasteiger partial charge in [0.05, 0.1) is 14.2 Å². The van der Waals surface area contributed by atoms with Gasteiger partial charge in [-0.2, -0.15) is 0 Å². The number of rotatable bonds is 4. The Balaban J connectivity index is 1.96. The van der Waals surface area contributed by atoms with E-state index < -0.39 is 0 Å². The predicted octanol–water partition coefficient (Wildman–Crippen LogP) is 2.97. The second-order valence-corrected chi connectivity index (χ2v) is 5.28. The Morgan fingerprint density at radius 1 is 1.00 bits per heavy atom. The van der Waals surface area contributed by atoms with E-state index in [0.717, 1.165) is 42.3 Å². The number of ether oxygens (including phenoxy) is 3. The molecule has 1 N–H and O–H groups in total. The van der Waals surface area contributed by atoms with E-state index in [1.165, 1.54) is 5.56 Å². The van der Waals surface area contributed by atoms with E-state index in [4.69, 9.17) is 14.2 Å². The Kier molecular flexibility index (Phi) is 4.49. The fourth-order valence-electron chi connectivity index (χ4n) is 2.79. The van der Waals surface area contributed by atoms with Crippen LogP contribution < -0.4 is 19.5 Å². The average Bonchev–Trinajstić information content (AvgIpc) is 2.76. The zero-order chi connectivity index (χ0) is 15.4. The van der Waals surface area contributed by atoms with Gasteiger partial charge in [0.25, 0.3) is 0 Å². The van der Waals surface area contributed by atoms with Gasteiger partial charge in [-0.25, -0.2) is 0 Å². The van der Waals surface area contributed by atoms with E-state index in [1.807, 2.05) is 36.4 Å². The van der Waals surface area contributed by atoms with Crippen LogP contribution in [0.25, 0.3) is 0 Å². The summed E-state index contributed by atoms with van der Waals surface area (Å²) in [4.78, 5) is 0. The molecule has 0 aliphatic carbocycles. The van der Waals surface area contributed by atoms with Crippen LogP contribution in [0.4, 0.5) is 0 Å². The molecule has 116 valence electrons. The molecule has 4 heteroatoms. The van der Waals surface area contributed by atoms with E-state index in [2.05, 4.69) is 11.4 Å². The largest absolute Gasteiger partial charge is 0.493 e. The standard InChI is InChI=1S/C18H21NO3/c1-20-16-10-13-8-9-19-12-18(15(13)11-17(16)21-2)22-14-6-4-3-5-7-14/h3-7,10-11,18-19H,8-9,12H2,1-2H3. The summed E-state index contributed by atoms with van der Waals surface area (Å²) in [5.41, 5.74) is 2.40. The Morgan fingerprint density at radius 3 is 2.45 bits per heavy atom. The molecule has 0 spiro atoms. The predicted molar refractivity (Wildman–Crippen MR) is 85.9 cm³/mol. The van der Waals surface area contributed by atoms with Crippen LogP contribution in [0.5, 0.6) is 17.2 Å². The van der Waals surface area contributed by atoms with Crippen molar-refractivity contribution >= 4 is 0 Å². The quantitative estimate of drug-likeness (QED) is 0.942. The van der Waals surface area contributed by atoms with Crippen molar-refractivity contribution < 1.29 is 14.2 Å². The number of benzene rings is 2. The summed E-state index contributed by atoms with van der Waals surface area (Å²) >= 11 is 0. The molecule has 4 nitrogen and oxygen atoms in total. The summed E-state index contributed by atoms with van der Waals surface area (Å²) < 4.78 is 17.0. The van der Waals surface area contributed by atoms with E-state index >= 15 is 0 Å². The van der Waals surface area contributed by atoms with Crippen LogP contribution in [-0.4, -0.2) is 27.3 Å². The molecular weight excluding hydrogens is 278 g/mol. The maximum Gasteiger partial charge on any atom is 0.161 e. The van der Waals surface area contributed by atoms with Crippen molar-refractivity contribution in [1.82, 2.24) is 5.32 Å². The van der Waals surface area contributed by atoms with Crippen LogP contribution in [0.3, 0.4) is 0 Å². The van der Waals surface area contributed by atoms with Gasteiger partial charge in [0.1, 0.15) is 11.9 Å². The summed E-state index contributed by atoms with van der Waals surface area (Å²) in [7, 11) is 3.32. The van der Waals surface area contributed by atoms with E-state index in [-0.39, 0.29) is 6.10 Å². The van der Waals surface area contributed by atoms with E-state index in [9.17, 15) is 0 Å². The molecule has 0 fully saturated rings. The molecule has 1 aliphatic heterocycles. The zero-order valence-corrected chi connectivity index (χ0v) is 13.0. The number of hydrogen-bond acceptors (Lipinski definition) is 4. The summed E-state index contributed by atoms with van der Waals surface area (Å²) in [5, 5.41) is 3.43. The molecule has 0 amide bonds. The maximum atomic E-state index is 6.18. The minimum Gasteiger partial charge on any atom is -0.493 e. The lowest BCUT2D eigenvalue weighted by molar-refractivity contribution is 0.204. The Morgan fingerprint density at radius 2 is 1.73 bits per heavy atom. The van der Waals surface area contributed by atoms with Gasteiger partial charge in [-0.05, 0) is 42.8 Å².